The van der Waals surface area contributed by atoms with Crippen LogP contribution < -0.4 is 4.90 Å². The van der Waals surface area contributed by atoms with Crippen LogP contribution in [-0.2, 0) is 9.59 Å². The topological polar surface area (TPSA) is 60.9 Å². The number of benzene rings is 1. The third kappa shape index (κ3) is 2.94. The summed E-state index contributed by atoms with van der Waals surface area (Å²) in [6, 6.07) is 2.81. The summed E-state index contributed by atoms with van der Waals surface area (Å²) in [4.78, 5) is 27.3. The van der Waals surface area contributed by atoms with E-state index < -0.39 is 29.5 Å². The smallest absolute Gasteiger partial charge is 0.239 e. The van der Waals surface area contributed by atoms with Crippen LogP contribution in [0.1, 0.15) is 13.3 Å². The molecule has 0 aliphatic carbocycles. The van der Waals surface area contributed by atoms with E-state index in [4.69, 9.17) is 5.11 Å². The van der Waals surface area contributed by atoms with Gasteiger partial charge in [0.15, 0.2) is 11.6 Å². The van der Waals surface area contributed by atoms with Crippen LogP contribution in [-0.4, -0.2) is 48.1 Å². The molecule has 2 unspecified atom stereocenters. The molecule has 1 heterocycles. The highest BCUT2D eigenvalue weighted by molar-refractivity contribution is 6.09. The van der Waals surface area contributed by atoms with Gasteiger partial charge in [0.1, 0.15) is 5.92 Å². The highest BCUT2D eigenvalue weighted by Gasteiger charge is 2.39. The number of aliphatic hydroxyl groups is 1. The van der Waals surface area contributed by atoms with Crippen LogP contribution in [0, 0.1) is 17.6 Å². The maximum absolute atomic E-state index is 13.3. The van der Waals surface area contributed by atoms with E-state index in [1.807, 2.05) is 0 Å². The number of nitrogens with zero attached hydrogens (tertiary/aromatic N) is 2. The maximum atomic E-state index is 13.3. The highest BCUT2D eigenvalue weighted by Crippen LogP contribution is 2.27. The minimum absolute atomic E-state index is 0.198. The van der Waals surface area contributed by atoms with Gasteiger partial charge >= 0.3 is 0 Å². The van der Waals surface area contributed by atoms with Crippen molar-refractivity contribution >= 4 is 17.5 Å². The van der Waals surface area contributed by atoms with Crippen LogP contribution in [0.15, 0.2) is 18.2 Å². The molecule has 2 atom stereocenters. The SMILES string of the molecule is CC(CO)N(C)C(=O)C1CCN(c2ccc(F)c(F)c2)C1=O. The minimum Gasteiger partial charge on any atom is -0.394 e. The maximum Gasteiger partial charge on any atom is 0.239 e. The summed E-state index contributed by atoms with van der Waals surface area (Å²) in [5.74, 6) is -3.69. The first-order valence-corrected chi connectivity index (χ1v) is 7.00. The Kier molecular flexibility index (Phi) is 4.75. The summed E-state index contributed by atoms with van der Waals surface area (Å²) in [7, 11) is 1.52. The monoisotopic (exact) mass is 312 g/mol. The van der Waals surface area contributed by atoms with Crippen LogP contribution >= 0.6 is 0 Å². The third-order valence-electron chi connectivity index (χ3n) is 3.99. The van der Waals surface area contributed by atoms with Crippen molar-refractivity contribution in [3.63, 3.8) is 0 Å². The number of hydrogen-bond acceptors (Lipinski definition) is 3. The van der Waals surface area contributed by atoms with Gasteiger partial charge in [0.05, 0.1) is 12.6 Å². The molecule has 120 valence electrons. The lowest BCUT2D eigenvalue weighted by Gasteiger charge is -2.25. The Morgan fingerprint density at radius 2 is 2.14 bits per heavy atom. The Morgan fingerprint density at radius 1 is 1.45 bits per heavy atom. The summed E-state index contributed by atoms with van der Waals surface area (Å²) in [5.41, 5.74) is 0.233. The van der Waals surface area contributed by atoms with Crippen molar-refractivity contribution in [2.75, 3.05) is 25.1 Å². The van der Waals surface area contributed by atoms with Crippen molar-refractivity contribution < 1.29 is 23.5 Å². The second kappa shape index (κ2) is 6.39. The number of aliphatic hydroxyl groups excluding tert-OH is 1. The molecule has 2 rings (SSSR count). The van der Waals surface area contributed by atoms with Crippen molar-refractivity contribution in [3.8, 4) is 0 Å². The molecule has 0 spiro atoms. The summed E-state index contributed by atoms with van der Waals surface area (Å²) >= 11 is 0. The quantitative estimate of drug-likeness (QED) is 0.849. The Morgan fingerprint density at radius 3 is 2.73 bits per heavy atom. The van der Waals surface area contributed by atoms with Gasteiger partial charge in [-0.2, -0.15) is 0 Å². The van der Waals surface area contributed by atoms with E-state index in [-0.39, 0.29) is 24.7 Å². The lowest BCUT2D eigenvalue weighted by Crippen LogP contribution is -2.43. The van der Waals surface area contributed by atoms with E-state index in [0.717, 1.165) is 12.1 Å². The zero-order chi connectivity index (χ0) is 16.4. The Labute approximate surface area is 127 Å². The molecule has 0 aromatic heterocycles. The van der Waals surface area contributed by atoms with E-state index in [1.54, 1.807) is 6.92 Å². The molecule has 0 radical (unpaired) electrons. The number of amides is 2. The zero-order valence-electron chi connectivity index (χ0n) is 12.4. The van der Waals surface area contributed by atoms with Crippen LogP contribution in [0.5, 0.6) is 0 Å². The number of likely N-dealkylation sites (N-methyl/N-ethyl adjacent to an activating group) is 1. The molecular weight excluding hydrogens is 294 g/mol. The molecule has 2 amide bonds. The average Bonchev–Trinajstić information content (AvgIpc) is 2.89. The molecule has 1 aliphatic heterocycles. The molecule has 1 saturated heterocycles. The molecule has 0 saturated carbocycles. The second-order valence-electron chi connectivity index (χ2n) is 5.41. The van der Waals surface area contributed by atoms with Crippen molar-refractivity contribution in [2.45, 2.75) is 19.4 Å². The van der Waals surface area contributed by atoms with Gasteiger partial charge in [-0.15, -0.1) is 0 Å². The predicted molar refractivity (Wildman–Crippen MR) is 76.1 cm³/mol. The number of carbonyl (C=O) groups excluding carboxylic acids is 2. The molecule has 1 aliphatic rings. The number of anilines is 1. The van der Waals surface area contributed by atoms with E-state index in [2.05, 4.69) is 0 Å². The number of hydrogen-bond donors (Lipinski definition) is 1. The van der Waals surface area contributed by atoms with E-state index in [0.29, 0.717) is 6.42 Å². The fourth-order valence-corrected chi connectivity index (χ4v) is 2.40. The Hall–Kier alpha value is -2.02. The van der Waals surface area contributed by atoms with Crippen LogP contribution in [0.25, 0.3) is 0 Å². The van der Waals surface area contributed by atoms with Crippen LogP contribution in [0.2, 0.25) is 0 Å². The Balaban J connectivity index is 2.15. The zero-order valence-corrected chi connectivity index (χ0v) is 12.4. The summed E-state index contributed by atoms with van der Waals surface area (Å²) in [6.45, 7) is 1.74. The standard InChI is InChI=1S/C15H18F2N2O3/c1-9(8-20)18(2)14(21)11-5-6-19(15(11)22)10-3-4-12(16)13(17)7-10/h3-4,7,9,11,20H,5-6,8H2,1-2H3. The molecule has 1 N–H and O–H groups in total. The number of rotatable bonds is 4. The van der Waals surface area contributed by atoms with Gasteiger partial charge in [-0.3, -0.25) is 9.59 Å². The molecule has 22 heavy (non-hydrogen) atoms. The fraction of sp³-hybridized carbons (Fsp3) is 0.467. The van der Waals surface area contributed by atoms with Crippen molar-refractivity contribution in [1.29, 1.82) is 0 Å². The van der Waals surface area contributed by atoms with Gasteiger partial charge in [-0.05, 0) is 25.5 Å². The number of carbonyl (C=O) groups is 2. The molecule has 1 aromatic rings. The van der Waals surface area contributed by atoms with Gasteiger partial charge < -0.3 is 14.9 Å². The van der Waals surface area contributed by atoms with E-state index in [9.17, 15) is 18.4 Å². The first-order valence-electron chi connectivity index (χ1n) is 7.00. The molecule has 0 bridgehead atoms. The molecule has 1 fully saturated rings. The number of halogens is 2. The molecular formula is C15H18F2N2O3. The largest absolute Gasteiger partial charge is 0.394 e. The first kappa shape index (κ1) is 16.4. The van der Waals surface area contributed by atoms with Gasteiger partial charge in [0.25, 0.3) is 0 Å². The van der Waals surface area contributed by atoms with Gasteiger partial charge in [0.2, 0.25) is 11.8 Å². The minimum atomic E-state index is -1.04. The van der Waals surface area contributed by atoms with Gasteiger partial charge in [-0.1, -0.05) is 0 Å². The first-order chi connectivity index (χ1) is 10.4. The fourth-order valence-electron chi connectivity index (χ4n) is 2.40. The van der Waals surface area contributed by atoms with Gasteiger partial charge in [0, 0.05) is 25.3 Å². The van der Waals surface area contributed by atoms with Gasteiger partial charge in [-0.25, -0.2) is 8.78 Å². The van der Waals surface area contributed by atoms with E-state index in [1.165, 1.54) is 22.9 Å². The lowest BCUT2D eigenvalue weighted by atomic mass is 10.1. The van der Waals surface area contributed by atoms with Crippen molar-refractivity contribution in [2.24, 2.45) is 5.92 Å². The van der Waals surface area contributed by atoms with E-state index >= 15 is 0 Å². The summed E-state index contributed by atoms with van der Waals surface area (Å²) in [5, 5.41) is 9.08. The van der Waals surface area contributed by atoms with Crippen LogP contribution in [0.4, 0.5) is 14.5 Å². The second-order valence-corrected chi connectivity index (χ2v) is 5.41. The van der Waals surface area contributed by atoms with Crippen LogP contribution in [0.3, 0.4) is 0 Å². The summed E-state index contributed by atoms with van der Waals surface area (Å²) < 4.78 is 26.2. The predicted octanol–water partition coefficient (Wildman–Crippen LogP) is 1.16. The Bertz CT molecular complexity index is 594. The summed E-state index contributed by atoms with van der Waals surface area (Å²) in [6.07, 6.45) is 0.305. The van der Waals surface area contributed by atoms with Crippen molar-refractivity contribution in [3.05, 3.63) is 29.8 Å². The molecule has 7 heteroatoms. The average molecular weight is 312 g/mol. The molecule has 1 aromatic carbocycles. The lowest BCUT2D eigenvalue weighted by molar-refractivity contribution is -0.140. The highest BCUT2D eigenvalue weighted by atomic mass is 19.2. The molecule has 5 nitrogen and oxygen atoms in total. The third-order valence-corrected chi connectivity index (χ3v) is 3.99. The van der Waals surface area contributed by atoms with Crippen molar-refractivity contribution in [1.82, 2.24) is 4.90 Å². The normalized spacial score (nSPS) is 19.4.